The minimum absolute atomic E-state index is 0.235. The fourth-order valence-corrected chi connectivity index (χ4v) is 3.79. The molecule has 2 heterocycles. The molecule has 3 N–H and O–H groups in total. The van der Waals surface area contributed by atoms with E-state index in [0.717, 1.165) is 10.9 Å². The van der Waals surface area contributed by atoms with Crippen LogP contribution in [0.5, 0.6) is 0 Å². The van der Waals surface area contributed by atoms with Gasteiger partial charge in [-0.2, -0.15) is 5.10 Å². The molecule has 0 spiro atoms. The maximum atomic E-state index is 14.8. The number of fused-ring (bicyclic) bond motifs is 2. The van der Waals surface area contributed by atoms with Gasteiger partial charge in [-0.05, 0) is 41.5 Å². The lowest BCUT2D eigenvalue weighted by Crippen LogP contribution is -2.11. The summed E-state index contributed by atoms with van der Waals surface area (Å²) in [5, 5.41) is 10.5. The Bertz CT molecular complexity index is 1570. The van der Waals surface area contributed by atoms with Crippen LogP contribution in [0.25, 0.3) is 32.9 Å². The van der Waals surface area contributed by atoms with Gasteiger partial charge in [0.15, 0.2) is 0 Å². The predicted molar refractivity (Wildman–Crippen MR) is 123 cm³/mol. The van der Waals surface area contributed by atoms with Crippen molar-refractivity contribution in [3.05, 3.63) is 88.1 Å². The van der Waals surface area contributed by atoms with Crippen LogP contribution in [0.1, 0.15) is 11.3 Å². The van der Waals surface area contributed by atoms with Crippen LogP contribution in [0.4, 0.5) is 15.1 Å². The number of H-pyrrole nitrogens is 2. The highest BCUT2D eigenvalue weighted by molar-refractivity contribution is 5.88. The number of methoxy groups -OCH3 is 1. The van der Waals surface area contributed by atoms with Gasteiger partial charge in [0.1, 0.15) is 5.82 Å². The molecule has 0 saturated heterocycles. The predicted octanol–water partition coefficient (Wildman–Crippen LogP) is 4.37. The standard InChI is InChI=1S/C24H18FN5O3/c1-33-24(32)28-23-26-19-9-7-14(12-21(19)27-23)17-10-13(6-8-18(17)25)11-20-15-4-2-3-5-16(15)22(31)30-29-20/h2-10,12H,11H2,1H3,(H,30,31)(H2,26,27,28,32). The first-order valence-electron chi connectivity index (χ1n) is 10.1. The van der Waals surface area contributed by atoms with Gasteiger partial charge in [-0.3, -0.25) is 10.1 Å². The van der Waals surface area contributed by atoms with Gasteiger partial charge in [-0.25, -0.2) is 19.3 Å². The minimum atomic E-state index is -0.642. The highest BCUT2D eigenvalue weighted by Gasteiger charge is 2.13. The quantitative estimate of drug-likeness (QED) is 0.382. The summed E-state index contributed by atoms with van der Waals surface area (Å²) in [5.74, 6) is -0.135. The third-order valence-corrected chi connectivity index (χ3v) is 5.38. The van der Waals surface area contributed by atoms with Crippen molar-refractivity contribution < 1.29 is 13.9 Å². The van der Waals surface area contributed by atoms with Crippen LogP contribution in [0.2, 0.25) is 0 Å². The van der Waals surface area contributed by atoms with E-state index >= 15 is 0 Å². The zero-order chi connectivity index (χ0) is 22.9. The number of aromatic amines is 2. The zero-order valence-corrected chi connectivity index (χ0v) is 17.5. The molecule has 9 heteroatoms. The SMILES string of the molecule is COC(=O)Nc1nc2ccc(-c3cc(Cc4n[nH]c(=O)c5ccccc45)ccc3F)cc2[nH]1. The lowest BCUT2D eigenvalue weighted by atomic mass is 9.98. The molecule has 0 bridgehead atoms. The summed E-state index contributed by atoms with van der Waals surface area (Å²) in [4.78, 5) is 30.7. The first-order chi connectivity index (χ1) is 16.0. The second kappa shape index (κ2) is 8.19. The number of nitrogens with one attached hydrogen (secondary N) is 3. The Hall–Kier alpha value is -4.53. The molecule has 164 valence electrons. The second-order valence-corrected chi connectivity index (χ2v) is 7.47. The van der Waals surface area contributed by atoms with Crippen LogP contribution >= 0.6 is 0 Å². The van der Waals surface area contributed by atoms with E-state index in [0.29, 0.717) is 39.7 Å². The number of anilines is 1. The first kappa shape index (κ1) is 20.4. The number of benzene rings is 3. The van der Waals surface area contributed by atoms with Crippen LogP contribution in [-0.2, 0) is 11.2 Å². The third-order valence-electron chi connectivity index (χ3n) is 5.38. The zero-order valence-electron chi connectivity index (χ0n) is 17.5. The molecule has 0 unspecified atom stereocenters. The smallest absolute Gasteiger partial charge is 0.413 e. The molecule has 0 fully saturated rings. The Balaban J connectivity index is 1.50. The van der Waals surface area contributed by atoms with Gasteiger partial charge in [-0.15, -0.1) is 0 Å². The van der Waals surface area contributed by atoms with Gasteiger partial charge in [0, 0.05) is 17.4 Å². The summed E-state index contributed by atoms with van der Waals surface area (Å²) in [6, 6.07) is 17.4. The second-order valence-electron chi connectivity index (χ2n) is 7.47. The highest BCUT2D eigenvalue weighted by atomic mass is 19.1. The Morgan fingerprint density at radius 3 is 2.73 bits per heavy atom. The average Bonchev–Trinajstić information content (AvgIpc) is 3.23. The van der Waals surface area contributed by atoms with Gasteiger partial charge in [0.2, 0.25) is 5.95 Å². The summed E-state index contributed by atoms with van der Waals surface area (Å²) in [7, 11) is 1.26. The monoisotopic (exact) mass is 443 g/mol. The van der Waals surface area contributed by atoms with Crippen LogP contribution in [0, 0.1) is 5.82 Å². The van der Waals surface area contributed by atoms with Crippen molar-refractivity contribution in [1.82, 2.24) is 20.2 Å². The van der Waals surface area contributed by atoms with E-state index in [1.807, 2.05) is 12.1 Å². The van der Waals surface area contributed by atoms with Crippen molar-refractivity contribution in [2.45, 2.75) is 6.42 Å². The molecule has 8 nitrogen and oxygen atoms in total. The summed E-state index contributed by atoms with van der Waals surface area (Å²) >= 11 is 0. The Morgan fingerprint density at radius 2 is 1.91 bits per heavy atom. The molecule has 1 amide bonds. The fraction of sp³-hybridized carbons (Fsp3) is 0.0833. The molecule has 0 saturated carbocycles. The van der Waals surface area contributed by atoms with E-state index in [1.54, 1.807) is 42.5 Å². The van der Waals surface area contributed by atoms with Crippen molar-refractivity contribution in [3.8, 4) is 11.1 Å². The van der Waals surface area contributed by atoms with Gasteiger partial charge in [0.05, 0.1) is 29.2 Å². The summed E-state index contributed by atoms with van der Waals surface area (Å²) in [6.07, 6.45) is -0.222. The topological polar surface area (TPSA) is 113 Å². The van der Waals surface area contributed by atoms with Gasteiger partial charge < -0.3 is 9.72 Å². The number of ether oxygens (including phenoxy) is 1. The molecule has 2 aromatic heterocycles. The molecule has 0 aliphatic carbocycles. The molecule has 0 radical (unpaired) electrons. The summed E-state index contributed by atoms with van der Waals surface area (Å²) < 4.78 is 19.3. The number of aromatic nitrogens is 4. The molecule has 0 atom stereocenters. The largest absolute Gasteiger partial charge is 0.453 e. The molecule has 5 aromatic rings. The van der Waals surface area contributed by atoms with E-state index in [-0.39, 0.29) is 17.3 Å². The average molecular weight is 443 g/mol. The van der Waals surface area contributed by atoms with Crippen LogP contribution in [0.15, 0.2) is 65.5 Å². The highest BCUT2D eigenvalue weighted by Crippen LogP contribution is 2.28. The Morgan fingerprint density at radius 1 is 1.09 bits per heavy atom. The van der Waals surface area contributed by atoms with Crippen LogP contribution < -0.4 is 10.9 Å². The van der Waals surface area contributed by atoms with E-state index < -0.39 is 6.09 Å². The minimum Gasteiger partial charge on any atom is -0.453 e. The maximum absolute atomic E-state index is 14.8. The molecule has 0 aliphatic rings. The normalized spacial score (nSPS) is 11.1. The molecule has 33 heavy (non-hydrogen) atoms. The van der Waals surface area contributed by atoms with Crippen molar-refractivity contribution in [2.75, 3.05) is 12.4 Å². The number of imidazole rings is 1. The number of hydrogen-bond acceptors (Lipinski definition) is 5. The number of rotatable bonds is 4. The molecular formula is C24H18FN5O3. The van der Waals surface area contributed by atoms with Gasteiger partial charge in [0.25, 0.3) is 5.56 Å². The van der Waals surface area contributed by atoms with Crippen LogP contribution in [0.3, 0.4) is 0 Å². The fourth-order valence-electron chi connectivity index (χ4n) is 3.79. The van der Waals surface area contributed by atoms with Gasteiger partial charge >= 0.3 is 6.09 Å². The van der Waals surface area contributed by atoms with Crippen molar-refractivity contribution in [3.63, 3.8) is 0 Å². The molecular weight excluding hydrogens is 425 g/mol. The number of carbonyl (C=O) groups is 1. The lowest BCUT2D eigenvalue weighted by Gasteiger charge is -2.09. The van der Waals surface area contributed by atoms with Gasteiger partial charge in [-0.1, -0.05) is 30.3 Å². The van der Waals surface area contributed by atoms with Crippen molar-refractivity contribution in [2.24, 2.45) is 0 Å². The third kappa shape index (κ3) is 3.91. The lowest BCUT2D eigenvalue weighted by molar-refractivity contribution is 0.186. The Kier molecular flexibility index (Phi) is 5.06. The number of halogens is 1. The molecule has 3 aromatic carbocycles. The number of carbonyl (C=O) groups excluding carboxylic acids is 1. The van der Waals surface area contributed by atoms with E-state index in [1.165, 1.54) is 13.2 Å². The molecule has 0 aliphatic heterocycles. The van der Waals surface area contributed by atoms with E-state index in [4.69, 9.17) is 0 Å². The van der Waals surface area contributed by atoms with Crippen molar-refractivity contribution >= 4 is 33.8 Å². The summed E-state index contributed by atoms with van der Waals surface area (Å²) in [5.41, 5.74) is 3.61. The van der Waals surface area contributed by atoms with E-state index in [9.17, 15) is 14.0 Å². The first-order valence-corrected chi connectivity index (χ1v) is 10.1. The number of amides is 1. The molecule has 5 rings (SSSR count). The number of hydrogen-bond donors (Lipinski definition) is 3. The Labute approximate surface area is 186 Å². The van der Waals surface area contributed by atoms with Crippen molar-refractivity contribution in [1.29, 1.82) is 0 Å². The maximum Gasteiger partial charge on any atom is 0.413 e. The van der Waals surface area contributed by atoms with E-state index in [2.05, 4.69) is 30.2 Å². The summed E-state index contributed by atoms with van der Waals surface area (Å²) in [6.45, 7) is 0. The van der Waals surface area contributed by atoms with Crippen LogP contribution in [-0.4, -0.2) is 33.4 Å². The number of nitrogens with zero attached hydrogens (tertiary/aromatic N) is 2.